The van der Waals surface area contributed by atoms with E-state index in [-0.39, 0.29) is 17.1 Å². The molecule has 7 heteroatoms. The van der Waals surface area contributed by atoms with E-state index < -0.39 is 15.4 Å². The number of non-ortho nitro benzene ring substituents is 1. The summed E-state index contributed by atoms with van der Waals surface area (Å²) in [6.07, 6.45) is 0. The average Bonchev–Trinajstić information content (AvgIpc) is 2.14. The van der Waals surface area contributed by atoms with Gasteiger partial charge >= 0.3 is 0 Å². The Labute approximate surface area is 97.7 Å². The van der Waals surface area contributed by atoms with Crippen LogP contribution in [-0.4, -0.2) is 15.4 Å². The van der Waals surface area contributed by atoms with Crippen LogP contribution >= 0.6 is 0 Å². The Morgan fingerprint density at radius 3 is 2.12 bits per heavy atom. The molecule has 7 nitrogen and oxygen atoms in total. The number of anilines is 1. The van der Waals surface area contributed by atoms with Crippen molar-refractivity contribution < 1.29 is 9.85 Å². The fourth-order valence-corrected chi connectivity index (χ4v) is 1.30. The van der Waals surface area contributed by atoms with Gasteiger partial charge in [-0.25, -0.2) is 0 Å². The summed E-state index contributed by atoms with van der Waals surface area (Å²) in [5, 5.41) is 24.3. The minimum Gasteiger partial charge on any atom is -0.375 e. The third-order valence-corrected chi connectivity index (χ3v) is 1.90. The summed E-state index contributed by atoms with van der Waals surface area (Å²) in [5.74, 6) is 0. The molecule has 92 valence electrons. The second-order valence-corrected chi connectivity index (χ2v) is 4.59. The van der Waals surface area contributed by atoms with E-state index in [9.17, 15) is 20.2 Å². The van der Waals surface area contributed by atoms with Gasteiger partial charge in [-0.1, -0.05) is 0 Å². The maximum Gasteiger partial charge on any atom is 0.292 e. The van der Waals surface area contributed by atoms with Crippen molar-refractivity contribution in [3.05, 3.63) is 38.4 Å². The Kier molecular flexibility index (Phi) is 3.31. The molecule has 0 spiro atoms. The van der Waals surface area contributed by atoms with Gasteiger partial charge in [-0.05, 0) is 20.8 Å². The van der Waals surface area contributed by atoms with Crippen molar-refractivity contribution in [1.29, 1.82) is 0 Å². The third-order valence-electron chi connectivity index (χ3n) is 1.90. The minimum atomic E-state index is -0.586. The molecule has 0 saturated carbocycles. The second kappa shape index (κ2) is 4.36. The molecule has 0 aliphatic heterocycles. The lowest BCUT2D eigenvalue weighted by atomic mass is 10.1. The van der Waals surface area contributed by atoms with Gasteiger partial charge in [0.15, 0.2) is 0 Å². The van der Waals surface area contributed by atoms with Crippen molar-refractivity contribution in [1.82, 2.24) is 0 Å². The third kappa shape index (κ3) is 3.40. The number of hydrogen-bond donors (Lipinski definition) is 1. The Hall–Kier alpha value is -2.18. The number of nitro benzene ring substituents is 2. The summed E-state index contributed by atoms with van der Waals surface area (Å²) in [7, 11) is 0. The van der Waals surface area contributed by atoms with E-state index in [1.54, 1.807) is 0 Å². The molecule has 0 heterocycles. The highest BCUT2D eigenvalue weighted by Gasteiger charge is 2.21. The van der Waals surface area contributed by atoms with Crippen LogP contribution in [0.4, 0.5) is 17.1 Å². The number of nitrogens with zero attached hydrogens (tertiary/aromatic N) is 2. The molecule has 1 aromatic rings. The Balaban J connectivity index is 3.25. The van der Waals surface area contributed by atoms with Crippen LogP contribution in [0.1, 0.15) is 20.8 Å². The molecular formula is C10H13N3O4. The predicted molar refractivity (Wildman–Crippen MR) is 63.1 cm³/mol. The quantitative estimate of drug-likeness (QED) is 0.645. The van der Waals surface area contributed by atoms with Crippen LogP contribution in [0.15, 0.2) is 18.2 Å². The lowest BCUT2D eigenvalue weighted by Gasteiger charge is -2.21. The molecule has 0 aromatic heterocycles. The summed E-state index contributed by atoms with van der Waals surface area (Å²) in [4.78, 5) is 20.2. The van der Waals surface area contributed by atoms with E-state index in [4.69, 9.17) is 0 Å². The summed E-state index contributed by atoms with van der Waals surface area (Å²) in [5.41, 5.74) is -0.621. The second-order valence-electron chi connectivity index (χ2n) is 4.59. The molecule has 0 unspecified atom stereocenters. The van der Waals surface area contributed by atoms with Crippen molar-refractivity contribution in [3.63, 3.8) is 0 Å². The van der Waals surface area contributed by atoms with E-state index in [1.165, 1.54) is 6.07 Å². The van der Waals surface area contributed by atoms with Gasteiger partial charge in [-0.2, -0.15) is 0 Å². The SMILES string of the molecule is CC(C)(C)Nc1cc([N+](=O)[O-])ccc1[N+](=O)[O-]. The zero-order chi connectivity index (χ0) is 13.2. The predicted octanol–water partition coefficient (Wildman–Crippen LogP) is 2.71. The summed E-state index contributed by atoms with van der Waals surface area (Å²) >= 11 is 0. The molecule has 0 fully saturated rings. The molecule has 0 bridgehead atoms. The van der Waals surface area contributed by atoms with Gasteiger partial charge in [0.1, 0.15) is 5.69 Å². The van der Waals surface area contributed by atoms with Crippen LogP contribution < -0.4 is 5.32 Å². The molecule has 0 aliphatic rings. The molecule has 0 amide bonds. The van der Waals surface area contributed by atoms with Crippen LogP contribution in [0, 0.1) is 20.2 Å². The maximum absolute atomic E-state index is 10.8. The van der Waals surface area contributed by atoms with E-state index >= 15 is 0 Å². The number of benzene rings is 1. The highest BCUT2D eigenvalue weighted by molar-refractivity contribution is 5.66. The molecule has 17 heavy (non-hydrogen) atoms. The molecule has 1 aromatic carbocycles. The Morgan fingerprint density at radius 2 is 1.71 bits per heavy atom. The zero-order valence-corrected chi connectivity index (χ0v) is 9.76. The molecular weight excluding hydrogens is 226 g/mol. The first kappa shape index (κ1) is 12.9. The number of hydrogen-bond acceptors (Lipinski definition) is 5. The average molecular weight is 239 g/mol. The molecule has 0 saturated heterocycles. The topological polar surface area (TPSA) is 98.3 Å². The van der Waals surface area contributed by atoms with Gasteiger partial charge in [-0.15, -0.1) is 0 Å². The minimum absolute atomic E-state index is 0.150. The summed E-state index contributed by atoms with van der Waals surface area (Å²) in [6.45, 7) is 5.45. The van der Waals surface area contributed by atoms with Crippen molar-refractivity contribution in [2.45, 2.75) is 26.3 Å². The van der Waals surface area contributed by atoms with Gasteiger partial charge < -0.3 is 5.32 Å². The van der Waals surface area contributed by atoms with Crippen LogP contribution in [0.25, 0.3) is 0 Å². The normalized spacial score (nSPS) is 11.0. The highest BCUT2D eigenvalue weighted by atomic mass is 16.6. The molecule has 0 aliphatic carbocycles. The Morgan fingerprint density at radius 1 is 1.12 bits per heavy atom. The standard InChI is InChI=1S/C10H13N3O4/c1-10(2,3)11-8-6-7(12(14)15)4-5-9(8)13(16)17/h4-6,11H,1-3H3. The van der Waals surface area contributed by atoms with E-state index in [1.807, 2.05) is 20.8 Å². The maximum atomic E-state index is 10.8. The van der Waals surface area contributed by atoms with E-state index in [0.717, 1.165) is 12.1 Å². The monoisotopic (exact) mass is 239 g/mol. The summed E-state index contributed by atoms with van der Waals surface area (Å²) in [6, 6.07) is 3.42. The van der Waals surface area contributed by atoms with Crippen LogP contribution in [0.2, 0.25) is 0 Å². The fraction of sp³-hybridized carbons (Fsp3) is 0.400. The first-order chi connectivity index (χ1) is 7.70. The lowest BCUT2D eigenvalue weighted by Crippen LogP contribution is -2.26. The fourth-order valence-electron chi connectivity index (χ4n) is 1.30. The van der Waals surface area contributed by atoms with Gasteiger partial charge in [-0.3, -0.25) is 20.2 Å². The smallest absolute Gasteiger partial charge is 0.292 e. The van der Waals surface area contributed by atoms with E-state index in [0.29, 0.717) is 0 Å². The van der Waals surface area contributed by atoms with Gasteiger partial charge in [0.2, 0.25) is 0 Å². The molecule has 1 rings (SSSR count). The first-order valence-corrected chi connectivity index (χ1v) is 4.92. The lowest BCUT2D eigenvalue weighted by molar-refractivity contribution is -0.388. The number of nitro groups is 2. The largest absolute Gasteiger partial charge is 0.375 e. The van der Waals surface area contributed by atoms with Crippen molar-refractivity contribution >= 4 is 17.1 Å². The van der Waals surface area contributed by atoms with Crippen LogP contribution in [0.3, 0.4) is 0 Å². The Bertz CT molecular complexity index is 465. The van der Waals surface area contributed by atoms with Crippen molar-refractivity contribution in [3.8, 4) is 0 Å². The first-order valence-electron chi connectivity index (χ1n) is 4.92. The number of nitrogens with one attached hydrogen (secondary N) is 1. The van der Waals surface area contributed by atoms with Gasteiger partial charge in [0.05, 0.1) is 9.85 Å². The van der Waals surface area contributed by atoms with Gasteiger partial charge in [0, 0.05) is 23.7 Å². The zero-order valence-electron chi connectivity index (χ0n) is 9.76. The molecule has 0 radical (unpaired) electrons. The highest BCUT2D eigenvalue weighted by Crippen LogP contribution is 2.30. The molecule has 1 N–H and O–H groups in total. The van der Waals surface area contributed by atoms with Crippen molar-refractivity contribution in [2.24, 2.45) is 0 Å². The van der Waals surface area contributed by atoms with Gasteiger partial charge in [0.25, 0.3) is 11.4 Å². The molecule has 0 atom stereocenters. The number of rotatable bonds is 3. The van der Waals surface area contributed by atoms with E-state index in [2.05, 4.69) is 5.32 Å². The summed E-state index contributed by atoms with van der Waals surface area (Å²) < 4.78 is 0. The van der Waals surface area contributed by atoms with Crippen LogP contribution in [-0.2, 0) is 0 Å². The van der Waals surface area contributed by atoms with Crippen LogP contribution in [0.5, 0.6) is 0 Å². The van der Waals surface area contributed by atoms with Crippen molar-refractivity contribution in [2.75, 3.05) is 5.32 Å².